The molecule has 2 saturated carbocycles. The summed E-state index contributed by atoms with van der Waals surface area (Å²) in [5.74, 6) is -2.56. The van der Waals surface area contributed by atoms with Gasteiger partial charge >= 0.3 is 6.18 Å². The molecule has 2 fully saturated rings. The predicted octanol–water partition coefficient (Wildman–Crippen LogP) is 8.48. The Morgan fingerprint density at radius 3 is 2.21 bits per heavy atom. The van der Waals surface area contributed by atoms with Crippen LogP contribution >= 0.6 is 50.7 Å². The standard InChI is InChI=1S/C27H25BrCl3F3N2O2/c28-20-12-15(7-9-19(27(32,33)34)16-13-21(29)23(31)22(30)14-16)6-8-18(20)24(37)36-26(10-11-26)25(38)35-17-4-2-1-3-5-17/h6-9,12-14,17,19H,1-5,10-11H2,(H,35,38)(H,36,37)/b9-7+. The highest BCUT2D eigenvalue weighted by molar-refractivity contribution is 9.10. The molecule has 204 valence electrons. The van der Waals surface area contributed by atoms with Crippen LogP contribution in [0.2, 0.25) is 15.1 Å². The van der Waals surface area contributed by atoms with Gasteiger partial charge in [-0.2, -0.15) is 13.2 Å². The molecular weight excluding hydrogens is 628 g/mol. The van der Waals surface area contributed by atoms with Gasteiger partial charge in [0.2, 0.25) is 5.91 Å². The summed E-state index contributed by atoms with van der Waals surface area (Å²) in [7, 11) is 0. The van der Waals surface area contributed by atoms with Gasteiger partial charge in [0.25, 0.3) is 5.91 Å². The molecule has 0 heterocycles. The molecule has 4 rings (SSSR count). The first kappa shape index (κ1) is 29.2. The SMILES string of the molecule is O=C(NC1(C(=O)NC2CCCCC2)CC1)c1ccc(/C=C/C(c2cc(Cl)c(Cl)c(Cl)c2)C(F)(F)F)cc1Br. The van der Waals surface area contributed by atoms with Crippen LogP contribution < -0.4 is 10.6 Å². The molecule has 1 atom stereocenters. The number of hydrogen-bond donors (Lipinski definition) is 2. The van der Waals surface area contributed by atoms with E-state index in [0.717, 1.165) is 43.9 Å². The maximum Gasteiger partial charge on any atom is 0.399 e. The van der Waals surface area contributed by atoms with Crippen LogP contribution in [0.25, 0.3) is 6.08 Å². The van der Waals surface area contributed by atoms with E-state index in [1.54, 1.807) is 6.07 Å². The van der Waals surface area contributed by atoms with Crippen LogP contribution in [-0.2, 0) is 4.79 Å². The minimum atomic E-state index is -4.61. The number of carbonyl (C=O) groups is 2. The minimum Gasteiger partial charge on any atom is -0.351 e. The Bertz CT molecular complexity index is 1240. The van der Waals surface area contributed by atoms with Crippen molar-refractivity contribution in [2.45, 2.75) is 68.6 Å². The third-order valence-corrected chi connectivity index (χ3v) is 8.77. The largest absolute Gasteiger partial charge is 0.399 e. The molecule has 2 aromatic rings. The number of hydrogen-bond acceptors (Lipinski definition) is 2. The predicted molar refractivity (Wildman–Crippen MR) is 148 cm³/mol. The number of allylic oxidation sites excluding steroid dienone is 1. The zero-order valence-corrected chi connectivity index (χ0v) is 24.0. The Hall–Kier alpha value is -1.74. The number of alkyl halides is 3. The van der Waals surface area contributed by atoms with Gasteiger partial charge in [-0.3, -0.25) is 9.59 Å². The summed E-state index contributed by atoms with van der Waals surface area (Å²) in [6.07, 6.45) is 4.06. The van der Waals surface area contributed by atoms with Crippen LogP contribution in [-0.4, -0.2) is 29.6 Å². The molecule has 2 aliphatic rings. The summed E-state index contributed by atoms with van der Waals surface area (Å²) >= 11 is 21.1. The van der Waals surface area contributed by atoms with Gasteiger partial charge in [0.05, 0.1) is 26.5 Å². The summed E-state index contributed by atoms with van der Waals surface area (Å²) < 4.78 is 41.9. The zero-order chi connectivity index (χ0) is 27.7. The number of amides is 2. The van der Waals surface area contributed by atoms with Crippen molar-refractivity contribution in [1.82, 2.24) is 10.6 Å². The molecular formula is C27H25BrCl3F3N2O2. The van der Waals surface area contributed by atoms with E-state index in [4.69, 9.17) is 34.8 Å². The van der Waals surface area contributed by atoms with E-state index in [0.29, 0.717) is 22.9 Å². The molecule has 0 radical (unpaired) electrons. The first-order valence-corrected chi connectivity index (χ1v) is 14.1. The van der Waals surface area contributed by atoms with E-state index >= 15 is 0 Å². The number of nitrogens with one attached hydrogen (secondary N) is 2. The maximum atomic E-state index is 13.8. The zero-order valence-electron chi connectivity index (χ0n) is 20.1. The number of benzene rings is 2. The lowest BCUT2D eigenvalue weighted by Crippen LogP contribution is -2.52. The normalized spacial score (nSPS) is 18.3. The quantitative estimate of drug-likeness (QED) is 0.295. The van der Waals surface area contributed by atoms with Gasteiger partial charge in [-0.1, -0.05) is 72.3 Å². The molecule has 1 unspecified atom stereocenters. The van der Waals surface area contributed by atoms with Crippen LogP contribution in [0.1, 0.15) is 72.3 Å². The smallest absolute Gasteiger partial charge is 0.351 e. The number of carbonyl (C=O) groups excluding carboxylic acids is 2. The highest BCUT2D eigenvalue weighted by atomic mass is 79.9. The van der Waals surface area contributed by atoms with Gasteiger partial charge in [-0.05, 0) is 77.0 Å². The molecule has 0 spiro atoms. The van der Waals surface area contributed by atoms with Gasteiger partial charge in [-0.15, -0.1) is 0 Å². The van der Waals surface area contributed by atoms with Gasteiger partial charge in [-0.25, -0.2) is 0 Å². The first-order chi connectivity index (χ1) is 17.9. The topological polar surface area (TPSA) is 58.2 Å². The van der Waals surface area contributed by atoms with Crippen molar-refractivity contribution in [1.29, 1.82) is 0 Å². The van der Waals surface area contributed by atoms with E-state index < -0.39 is 23.5 Å². The van der Waals surface area contributed by atoms with Crippen molar-refractivity contribution in [2.24, 2.45) is 0 Å². The summed E-state index contributed by atoms with van der Waals surface area (Å²) in [6.45, 7) is 0. The fourth-order valence-corrected chi connectivity index (χ4v) is 5.77. The van der Waals surface area contributed by atoms with Gasteiger partial charge in [0, 0.05) is 10.5 Å². The molecule has 2 amide bonds. The summed E-state index contributed by atoms with van der Waals surface area (Å²) in [5, 5.41) is 5.77. The Morgan fingerprint density at radius 2 is 1.66 bits per heavy atom. The lowest BCUT2D eigenvalue weighted by Gasteiger charge is -2.26. The van der Waals surface area contributed by atoms with Crippen molar-refractivity contribution < 1.29 is 22.8 Å². The molecule has 2 aliphatic carbocycles. The van der Waals surface area contributed by atoms with Crippen LogP contribution in [0.15, 0.2) is 40.9 Å². The first-order valence-electron chi connectivity index (χ1n) is 12.2. The second-order valence-corrected chi connectivity index (χ2v) is 11.8. The molecule has 0 aliphatic heterocycles. The third-order valence-electron chi connectivity index (χ3n) is 6.91. The van der Waals surface area contributed by atoms with E-state index in [1.165, 1.54) is 24.6 Å². The second kappa shape index (κ2) is 11.8. The lowest BCUT2D eigenvalue weighted by atomic mass is 9.95. The lowest BCUT2D eigenvalue weighted by molar-refractivity contribution is -0.139. The van der Waals surface area contributed by atoms with E-state index in [2.05, 4.69) is 26.6 Å². The van der Waals surface area contributed by atoms with Crippen molar-refractivity contribution in [2.75, 3.05) is 0 Å². The molecule has 2 aromatic carbocycles. The highest BCUT2D eigenvalue weighted by Gasteiger charge is 2.51. The van der Waals surface area contributed by atoms with Crippen LogP contribution in [0.3, 0.4) is 0 Å². The average molecular weight is 653 g/mol. The van der Waals surface area contributed by atoms with Crippen molar-refractivity contribution >= 4 is 68.6 Å². The summed E-state index contributed by atoms with van der Waals surface area (Å²) in [6, 6.07) is 7.01. The Morgan fingerprint density at radius 1 is 1.03 bits per heavy atom. The van der Waals surface area contributed by atoms with E-state index in [-0.39, 0.29) is 38.1 Å². The molecule has 0 aromatic heterocycles. The minimum absolute atomic E-state index is 0.0146. The molecule has 0 bridgehead atoms. The highest BCUT2D eigenvalue weighted by Crippen LogP contribution is 2.41. The Balaban J connectivity index is 1.46. The van der Waals surface area contributed by atoms with Crippen molar-refractivity contribution in [3.8, 4) is 0 Å². The summed E-state index contributed by atoms with van der Waals surface area (Å²) in [5.41, 5.74) is -0.342. The van der Waals surface area contributed by atoms with Crippen LogP contribution in [0.5, 0.6) is 0 Å². The van der Waals surface area contributed by atoms with Crippen molar-refractivity contribution in [3.05, 3.63) is 72.6 Å². The van der Waals surface area contributed by atoms with E-state index in [1.807, 2.05) is 0 Å². The summed E-state index contributed by atoms with van der Waals surface area (Å²) in [4.78, 5) is 25.8. The van der Waals surface area contributed by atoms with Gasteiger partial charge in [0.15, 0.2) is 0 Å². The van der Waals surface area contributed by atoms with Crippen molar-refractivity contribution in [3.63, 3.8) is 0 Å². The molecule has 0 saturated heterocycles. The Kier molecular flexibility index (Phi) is 9.07. The van der Waals surface area contributed by atoms with Gasteiger partial charge < -0.3 is 10.6 Å². The monoisotopic (exact) mass is 650 g/mol. The van der Waals surface area contributed by atoms with Crippen LogP contribution in [0, 0.1) is 0 Å². The van der Waals surface area contributed by atoms with Crippen LogP contribution in [0.4, 0.5) is 13.2 Å². The molecule has 11 heteroatoms. The number of rotatable bonds is 7. The molecule has 38 heavy (non-hydrogen) atoms. The third kappa shape index (κ3) is 6.87. The average Bonchev–Trinajstić information content (AvgIpc) is 3.63. The van der Waals surface area contributed by atoms with Gasteiger partial charge in [0.1, 0.15) is 5.54 Å². The maximum absolute atomic E-state index is 13.8. The molecule has 4 nitrogen and oxygen atoms in total. The molecule has 2 N–H and O–H groups in total. The fraction of sp³-hybridized carbons (Fsp3) is 0.407. The van der Waals surface area contributed by atoms with E-state index in [9.17, 15) is 22.8 Å². The second-order valence-electron chi connectivity index (χ2n) is 9.76. The fourth-order valence-electron chi connectivity index (χ4n) is 4.58. The Labute approximate surface area is 242 Å². The number of halogens is 7.